The molecule has 208 valence electrons. The molecule has 1 aromatic carbocycles. The predicted molar refractivity (Wildman–Crippen MR) is 165 cm³/mol. The second kappa shape index (κ2) is 10.3. The first-order valence-corrected chi connectivity index (χ1v) is 22.4. The van der Waals surface area contributed by atoms with Crippen LogP contribution in [-0.2, 0) is 35.8 Å². The van der Waals surface area contributed by atoms with Gasteiger partial charge in [0, 0.05) is 45.1 Å². The van der Waals surface area contributed by atoms with Crippen LogP contribution in [-0.4, -0.2) is 48.7 Å². The highest BCUT2D eigenvalue weighted by Gasteiger charge is 2.54. The number of aryl methyl sites for hydroxylation is 1. The molecular formula is C29H45BrN4O2Si2. The summed E-state index contributed by atoms with van der Waals surface area (Å²) in [4.78, 5) is 5.22. The van der Waals surface area contributed by atoms with Gasteiger partial charge in [0.2, 0.25) is 0 Å². The van der Waals surface area contributed by atoms with E-state index in [1.54, 1.807) is 0 Å². The highest BCUT2D eigenvalue weighted by atomic mass is 79.9. The van der Waals surface area contributed by atoms with Gasteiger partial charge < -0.3 is 9.47 Å². The van der Waals surface area contributed by atoms with Crippen molar-refractivity contribution in [3.05, 3.63) is 33.4 Å². The molecule has 0 saturated heterocycles. The molecular weight excluding hydrogens is 572 g/mol. The number of halogens is 1. The average Bonchev–Trinajstić information content (AvgIpc) is 3.15. The smallest absolute Gasteiger partial charge is 0.163 e. The van der Waals surface area contributed by atoms with Crippen molar-refractivity contribution in [3.63, 3.8) is 0 Å². The maximum absolute atomic E-state index is 6.30. The van der Waals surface area contributed by atoms with Gasteiger partial charge in [-0.25, -0.2) is 9.67 Å². The monoisotopic (exact) mass is 616 g/mol. The summed E-state index contributed by atoms with van der Waals surface area (Å²) in [5, 5.41) is 5.22. The van der Waals surface area contributed by atoms with Crippen molar-refractivity contribution in [2.75, 3.05) is 13.2 Å². The van der Waals surface area contributed by atoms with E-state index < -0.39 is 16.1 Å². The number of fused-ring (bicyclic) bond motifs is 3. The third-order valence-corrected chi connectivity index (χ3v) is 12.2. The quantitative estimate of drug-likeness (QED) is 0.163. The van der Waals surface area contributed by atoms with Gasteiger partial charge >= 0.3 is 0 Å². The number of rotatable bonds is 11. The van der Waals surface area contributed by atoms with Gasteiger partial charge in [-0.2, -0.15) is 5.10 Å². The minimum atomic E-state index is -1.17. The molecule has 0 bridgehead atoms. The van der Waals surface area contributed by atoms with Gasteiger partial charge in [-0.15, -0.1) is 0 Å². The lowest BCUT2D eigenvalue weighted by atomic mass is 9.87. The van der Waals surface area contributed by atoms with Crippen molar-refractivity contribution in [1.29, 1.82) is 0 Å². The highest BCUT2D eigenvalue weighted by Crippen LogP contribution is 2.60. The normalized spacial score (nSPS) is 21.1. The molecule has 38 heavy (non-hydrogen) atoms. The first-order chi connectivity index (χ1) is 17.7. The summed E-state index contributed by atoms with van der Waals surface area (Å²) in [5.74, 6) is 1.68. The summed E-state index contributed by atoms with van der Waals surface area (Å²) >= 11 is 3.71. The van der Waals surface area contributed by atoms with E-state index in [9.17, 15) is 0 Å². The summed E-state index contributed by atoms with van der Waals surface area (Å²) < 4.78 is 18.0. The summed E-state index contributed by atoms with van der Waals surface area (Å²) in [6.07, 6.45) is 3.47. The van der Waals surface area contributed by atoms with Gasteiger partial charge in [0.1, 0.15) is 19.2 Å². The van der Waals surface area contributed by atoms with Gasteiger partial charge in [-0.1, -0.05) is 62.1 Å². The summed E-state index contributed by atoms with van der Waals surface area (Å²) in [7, 11) is -2.30. The zero-order valence-corrected chi connectivity index (χ0v) is 28.2. The van der Waals surface area contributed by atoms with Crippen molar-refractivity contribution >= 4 is 43.1 Å². The minimum absolute atomic E-state index is 0.419. The first kappa shape index (κ1) is 28.3. The molecule has 2 aliphatic rings. The van der Waals surface area contributed by atoms with E-state index in [0.717, 1.165) is 70.6 Å². The van der Waals surface area contributed by atoms with Crippen molar-refractivity contribution in [2.24, 2.45) is 11.3 Å². The Hall–Kier alpha value is -1.27. The van der Waals surface area contributed by atoms with E-state index in [-0.39, 0.29) is 0 Å². The van der Waals surface area contributed by atoms with Crippen molar-refractivity contribution < 1.29 is 9.47 Å². The van der Waals surface area contributed by atoms with Gasteiger partial charge in [0.15, 0.2) is 5.82 Å². The van der Waals surface area contributed by atoms with Crippen LogP contribution in [0.2, 0.25) is 51.4 Å². The van der Waals surface area contributed by atoms with Crippen LogP contribution >= 0.6 is 15.9 Å². The lowest BCUT2D eigenvalue weighted by Crippen LogP contribution is -2.23. The highest BCUT2D eigenvalue weighted by molar-refractivity contribution is 9.10. The molecule has 1 saturated carbocycles. The molecule has 2 atom stereocenters. The molecule has 1 fully saturated rings. The zero-order valence-electron chi connectivity index (χ0n) is 24.6. The number of aromatic nitrogens is 4. The Kier molecular flexibility index (Phi) is 7.65. The Morgan fingerprint density at radius 2 is 1.68 bits per heavy atom. The van der Waals surface area contributed by atoms with E-state index >= 15 is 0 Å². The number of imidazole rings is 1. The Bertz CT molecular complexity index is 1340. The van der Waals surface area contributed by atoms with Crippen molar-refractivity contribution in [2.45, 2.75) is 97.9 Å². The van der Waals surface area contributed by atoms with Crippen LogP contribution < -0.4 is 0 Å². The van der Waals surface area contributed by atoms with Crippen LogP contribution in [0.25, 0.3) is 22.6 Å². The number of benzene rings is 1. The topological polar surface area (TPSA) is 54.1 Å². The Balaban J connectivity index is 1.52. The van der Waals surface area contributed by atoms with E-state index in [2.05, 4.69) is 90.4 Å². The van der Waals surface area contributed by atoms with Crippen LogP contribution in [0.1, 0.15) is 30.2 Å². The zero-order chi connectivity index (χ0) is 27.5. The number of hydrogen-bond donors (Lipinski definition) is 0. The Labute approximate surface area is 238 Å². The standard InChI is InChI=1S/C29H45BrN4O2Si2/c1-20-13-22(30)15-24-26(20)31-28(33(24)18-35-9-11-37(3,4)5)27-23-14-21-16-29(21,2)17-25(23)34(32-27)19-36-10-12-38(6,7)8/h13,15,21H,9-12,14,16-19H2,1-8H3/t21-,29-/m1/s1. The summed E-state index contributed by atoms with van der Waals surface area (Å²) in [5.41, 5.74) is 7.44. The molecule has 9 heteroatoms. The molecule has 0 unspecified atom stereocenters. The van der Waals surface area contributed by atoms with Gasteiger partial charge in [-0.05, 0) is 67.3 Å². The largest absolute Gasteiger partial charge is 0.361 e. The van der Waals surface area contributed by atoms with Crippen molar-refractivity contribution in [3.8, 4) is 11.5 Å². The average molecular weight is 618 g/mol. The molecule has 2 aliphatic carbocycles. The maximum Gasteiger partial charge on any atom is 0.163 e. The lowest BCUT2D eigenvalue weighted by Gasteiger charge is -2.20. The predicted octanol–water partition coefficient (Wildman–Crippen LogP) is 7.72. The first-order valence-electron chi connectivity index (χ1n) is 14.1. The molecule has 2 aromatic heterocycles. The molecule has 3 aromatic rings. The van der Waals surface area contributed by atoms with E-state index in [1.165, 1.54) is 23.7 Å². The van der Waals surface area contributed by atoms with Crippen LogP contribution in [0, 0.1) is 18.3 Å². The fraction of sp³-hybridized carbons (Fsp3) is 0.655. The second-order valence-electron chi connectivity index (χ2n) is 14.4. The third-order valence-electron chi connectivity index (χ3n) is 8.37. The molecule has 0 N–H and O–H groups in total. The number of nitrogens with zero attached hydrogens (tertiary/aromatic N) is 4. The van der Waals surface area contributed by atoms with E-state index in [4.69, 9.17) is 19.6 Å². The molecule has 0 radical (unpaired) electrons. The van der Waals surface area contributed by atoms with E-state index in [0.29, 0.717) is 18.9 Å². The number of ether oxygens (including phenoxy) is 2. The van der Waals surface area contributed by atoms with Crippen LogP contribution in [0.15, 0.2) is 16.6 Å². The van der Waals surface area contributed by atoms with Crippen molar-refractivity contribution in [1.82, 2.24) is 19.3 Å². The minimum Gasteiger partial charge on any atom is -0.361 e. The van der Waals surface area contributed by atoms with Crippen LogP contribution in [0.5, 0.6) is 0 Å². The fourth-order valence-corrected chi connectivity index (χ4v) is 7.70. The molecule has 5 rings (SSSR count). The summed E-state index contributed by atoms with van der Waals surface area (Å²) in [6, 6.07) is 6.63. The second-order valence-corrected chi connectivity index (χ2v) is 26.5. The van der Waals surface area contributed by atoms with Gasteiger partial charge in [-0.3, -0.25) is 4.57 Å². The van der Waals surface area contributed by atoms with Gasteiger partial charge in [0.25, 0.3) is 0 Å². The Morgan fingerprint density at radius 1 is 1.03 bits per heavy atom. The summed E-state index contributed by atoms with van der Waals surface area (Å²) in [6.45, 7) is 21.5. The lowest BCUT2D eigenvalue weighted by molar-refractivity contribution is 0.0756. The molecule has 2 heterocycles. The molecule has 0 aliphatic heterocycles. The van der Waals surface area contributed by atoms with Gasteiger partial charge in [0.05, 0.1) is 11.0 Å². The van der Waals surface area contributed by atoms with E-state index in [1.807, 2.05) is 0 Å². The van der Waals surface area contributed by atoms with Crippen LogP contribution in [0.4, 0.5) is 0 Å². The third kappa shape index (κ3) is 6.06. The molecule has 0 spiro atoms. The number of hydrogen-bond acceptors (Lipinski definition) is 4. The maximum atomic E-state index is 6.30. The Morgan fingerprint density at radius 3 is 2.34 bits per heavy atom. The SMILES string of the molecule is Cc1cc(Br)cc2c1nc(-c1nn(COCC[Si](C)(C)C)c3c1C[C@@H]1C[C@]1(C)C3)n2COCC[Si](C)(C)C. The fourth-order valence-electron chi connectivity index (χ4n) is 5.63. The van der Waals surface area contributed by atoms with Crippen LogP contribution in [0.3, 0.4) is 0 Å². The molecule has 0 amide bonds. The molecule has 6 nitrogen and oxygen atoms in total.